The molecule has 0 aliphatic carbocycles. The molecule has 3 rings (SSSR count). The highest BCUT2D eigenvalue weighted by atomic mass is 16.8. The van der Waals surface area contributed by atoms with Crippen molar-refractivity contribution in [3.63, 3.8) is 0 Å². The molecule has 0 radical (unpaired) electrons. The second-order valence-corrected chi connectivity index (χ2v) is 31.7. The number of rotatable bonds is 72. The third-order valence-electron chi connectivity index (χ3n) is 22.1. The standard InChI is InChI=1S/C89H163NO18/c1-3-5-7-9-11-13-15-17-19-21-23-25-27-29-31-33-35-37-38-40-42-44-46-48-50-52-54-56-58-60-62-64-66-73(94)72(90-77(95)67-65-63-61-59-57-55-53-51-49-47-45-43-41-39-36-34-32-30-28-26-24-22-20-18-16-14-12-10-8-6-4-2)71-103-87-83(101)80(98)85(75(69-92)105-87)108-89-84(102)81(99)86(76(70-93)106-89)107-88-82(100)79(97)78(96)74(68-91)104-88/h6,8,12,14,18,20,24,26,30,32,72-76,78-89,91-94,96-102H,3-5,7,9-11,13,15-17,19,21-23,25,27-29,31,33-71H2,1-2H3,(H,90,95)/b8-6-,14-12-,20-18-,26-24-,32-30-. The van der Waals surface area contributed by atoms with Gasteiger partial charge in [0.2, 0.25) is 5.91 Å². The number of ether oxygens (including phenoxy) is 6. The molecule has 1 amide bonds. The van der Waals surface area contributed by atoms with Gasteiger partial charge >= 0.3 is 0 Å². The summed E-state index contributed by atoms with van der Waals surface area (Å²) in [5.74, 6) is -0.239. The predicted molar refractivity (Wildman–Crippen MR) is 434 cm³/mol. The van der Waals surface area contributed by atoms with Crippen LogP contribution in [-0.2, 0) is 33.2 Å². The summed E-state index contributed by atoms with van der Waals surface area (Å²) in [5, 5.41) is 121. The first kappa shape index (κ1) is 99.7. The minimum absolute atomic E-state index is 0.239. The normalized spacial score (nSPS) is 25.7. The summed E-state index contributed by atoms with van der Waals surface area (Å²) in [6.45, 7) is 1.74. The molecule has 12 N–H and O–H groups in total. The Morgan fingerprint density at radius 1 is 0.343 bits per heavy atom. The number of allylic oxidation sites excluding steroid dienone is 10. The Hall–Kier alpha value is -2.51. The first-order valence-corrected chi connectivity index (χ1v) is 44.5. The van der Waals surface area contributed by atoms with Gasteiger partial charge in [-0.15, -0.1) is 0 Å². The molecule has 3 aliphatic heterocycles. The summed E-state index contributed by atoms with van der Waals surface area (Å²) in [7, 11) is 0. The van der Waals surface area contributed by atoms with Crippen LogP contribution in [0.4, 0.5) is 0 Å². The molecule has 17 unspecified atom stereocenters. The maximum absolute atomic E-state index is 13.5. The Balaban J connectivity index is 1.33. The van der Waals surface area contributed by atoms with Gasteiger partial charge < -0.3 is 89.9 Å². The van der Waals surface area contributed by atoms with E-state index in [9.17, 15) is 61.0 Å². The first-order chi connectivity index (χ1) is 52.8. The van der Waals surface area contributed by atoms with E-state index in [1.54, 1.807) is 0 Å². The van der Waals surface area contributed by atoms with Crippen LogP contribution in [-0.4, -0.2) is 193 Å². The Kier molecular flexibility index (Phi) is 63.6. The molecule has 108 heavy (non-hydrogen) atoms. The number of aliphatic hydroxyl groups excluding tert-OH is 11. The van der Waals surface area contributed by atoms with E-state index >= 15 is 0 Å². The minimum Gasteiger partial charge on any atom is -0.394 e. The molecule has 17 atom stereocenters. The monoisotopic (exact) mass is 1530 g/mol. The minimum atomic E-state index is -1.97. The van der Waals surface area contributed by atoms with Crippen LogP contribution in [0, 0.1) is 0 Å². The number of aliphatic hydroxyl groups is 11. The van der Waals surface area contributed by atoms with E-state index in [-0.39, 0.29) is 18.9 Å². The van der Waals surface area contributed by atoms with Gasteiger partial charge in [0.25, 0.3) is 0 Å². The van der Waals surface area contributed by atoms with Crippen molar-refractivity contribution in [1.82, 2.24) is 5.32 Å². The molecule has 632 valence electrons. The first-order valence-electron chi connectivity index (χ1n) is 44.5. The third-order valence-corrected chi connectivity index (χ3v) is 22.1. The van der Waals surface area contributed by atoms with E-state index in [2.05, 4.69) is 79.9 Å². The van der Waals surface area contributed by atoms with Crippen molar-refractivity contribution in [3.05, 3.63) is 60.8 Å². The van der Waals surface area contributed by atoms with Gasteiger partial charge in [-0.3, -0.25) is 4.79 Å². The van der Waals surface area contributed by atoms with E-state index < -0.39 is 124 Å². The van der Waals surface area contributed by atoms with Crippen LogP contribution < -0.4 is 5.32 Å². The van der Waals surface area contributed by atoms with Crippen molar-refractivity contribution < 1.29 is 89.4 Å². The highest BCUT2D eigenvalue weighted by molar-refractivity contribution is 5.76. The molecule has 19 heteroatoms. The number of unbranched alkanes of at least 4 members (excludes halogenated alkanes) is 46. The number of amides is 1. The molecule has 0 aromatic carbocycles. The summed E-state index contributed by atoms with van der Waals surface area (Å²) < 4.78 is 34.6. The van der Waals surface area contributed by atoms with Gasteiger partial charge in [-0.1, -0.05) is 364 Å². The zero-order valence-corrected chi connectivity index (χ0v) is 68.1. The number of hydrogen-bond acceptors (Lipinski definition) is 18. The van der Waals surface area contributed by atoms with Crippen LogP contribution in [0.1, 0.15) is 367 Å². The summed E-state index contributed by atoms with van der Waals surface area (Å²) in [6, 6.07) is -0.892. The Morgan fingerprint density at radius 2 is 0.639 bits per heavy atom. The van der Waals surface area contributed by atoms with Crippen molar-refractivity contribution in [2.24, 2.45) is 0 Å². The van der Waals surface area contributed by atoms with Crippen molar-refractivity contribution in [2.75, 3.05) is 26.4 Å². The van der Waals surface area contributed by atoms with E-state index in [1.807, 2.05) is 0 Å². The fourth-order valence-corrected chi connectivity index (χ4v) is 15.1. The molecule has 0 aromatic heterocycles. The van der Waals surface area contributed by atoms with Gasteiger partial charge in [0, 0.05) is 6.42 Å². The number of carbonyl (C=O) groups excluding carboxylic acids is 1. The van der Waals surface area contributed by atoms with Crippen LogP contribution in [0.5, 0.6) is 0 Å². The van der Waals surface area contributed by atoms with Crippen molar-refractivity contribution in [1.29, 1.82) is 0 Å². The van der Waals surface area contributed by atoms with Crippen LogP contribution >= 0.6 is 0 Å². The SMILES string of the molecule is CC/C=C\C/C=C\C/C=C\C/C=C\C/C=C\CCCCCCCCCCCCCCCCCC(=O)NC(COC1OC(CO)C(OC2OC(CO)C(OC3OC(CO)C(O)C(O)C3O)C(O)C2O)C(O)C1O)C(O)CCCCCCCCCCCCCCCCCCCCCCCCCCCCCCCCCC. The molecular formula is C89H163NO18. The highest BCUT2D eigenvalue weighted by Gasteiger charge is 2.54. The van der Waals surface area contributed by atoms with E-state index in [0.717, 1.165) is 77.0 Å². The number of carbonyl (C=O) groups is 1. The highest BCUT2D eigenvalue weighted by Crippen LogP contribution is 2.34. The zero-order valence-electron chi connectivity index (χ0n) is 68.1. The maximum Gasteiger partial charge on any atom is 0.220 e. The lowest BCUT2D eigenvalue weighted by Gasteiger charge is -2.48. The maximum atomic E-state index is 13.5. The van der Waals surface area contributed by atoms with E-state index in [4.69, 9.17) is 28.4 Å². The number of nitrogens with one attached hydrogen (secondary N) is 1. The van der Waals surface area contributed by atoms with E-state index in [0.29, 0.717) is 12.8 Å². The van der Waals surface area contributed by atoms with Gasteiger partial charge in [0.05, 0.1) is 38.6 Å². The molecule has 19 nitrogen and oxygen atoms in total. The lowest BCUT2D eigenvalue weighted by Crippen LogP contribution is -2.66. The lowest BCUT2D eigenvalue weighted by molar-refractivity contribution is -0.379. The molecule has 0 aromatic rings. The van der Waals surface area contributed by atoms with Crippen molar-refractivity contribution in [3.8, 4) is 0 Å². The Morgan fingerprint density at radius 3 is 1.00 bits per heavy atom. The average molecular weight is 1540 g/mol. The largest absolute Gasteiger partial charge is 0.394 e. The molecule has 0 bridgehead atoms. The third kappa shape index (κ3) is 47.4. The number of hydrogen-bond donors (Lipinski definition) is 12. The molecule has 3 heterocycles. The van der Waals surface area contributed by atoms with Crippen LogP contribution in [0.15, 0.2) is 60.8 Å². The molecular weight excluding hydrogens is 1370 g/mol. The smallest absolute Gasteiger partial charge is 0.220 e. The van der Waals surface area contributed by atoms with Gasteiger partial charge in [-0.2, -0.15) is 0 Å². The fraction of sp³-hybridized carbons (Fsp3) is 0.876. The van der Waals surface area contributed by atoms with Gasteiger partial charge in [-0.05, 0) is 57.8 Å². The summed E-state index contributed by atoms with van der Waals surface area (Å²) in [5.41, 5.74) is 0. The summed E-state index contributed by atoms with van der Waals surface area (Å²) in [4.78, 5) is 13.5. The Bertz CT molecular complexity index is 2180. The second kappa shape index (κ2) is 68.9. The van der Waals surface area contributed by atoms with E-state index in [1.165, 1.54) is 257 Å². The van der Waals surface area contributed by atoms with Gasteiger partial charge in [0.15, 0.2) is 18.9 Å². The molecule has 3 saturated heterocycles. The van der Waals surface area contributed by atoms with Gasteiger partial charge in [-0.25, -0.2) is 0 Å². The summed E-state index contributed by atoms with van der Waals surface area (Å²) in [6.07, 6.45) is 63.2. The molecule has 0 spiro atoms. The van der Waals surface area contributed by atoms with Gasteiger partial charge in [0.1, 0.15) is 73.2 Å². The fourth-order valence-electron chi connectivity index (χ4n) is 15.1. The summed E-state index contributed by atoms with van der Waals surface area (Å²) >= 11 is 0. The topological polar surface area (TPSA) is 307 Å². The van der Waals surface area contributed by atoms with Crippen LogP contribution in [0.25, 0.3) is 0 Å². The lowest BCUT2D eigenvalue weighted by atomic mass is 9.96. The zero-order chi connectivity index (χ0) is 78.1. The predicted octanol–water partition coefficient (Wildman–Crippen LogP) is 16.6. The molecule has 0 saturated carbocycles. The Labute approximate surface area is 656 Å². The van der Waals surface area contributed by atoms with Crippen molar-refractivity contribution >= 4 is 5.91 Å². The van der Waals surface area contributed by atoms with Crippen LogP contribution in [0.2, 0.25) is 0 Å². The quantitative estimate of drug-likeness (QED) is 0.0199. The van der Waals surface area contributed by atoms with Crippen LogP contribution in [0.3, 0.4) is 0 Å². The average Bonchev–Trinajstić information content (AvgIpc) is 0.779. The van der Waals surface area contributed by atoms with Crippen molar-refractivity contribution in [2.45, 2.75) is 471 Å². The molecule has 3 aliphatic rings. The second-order valence-electron chi connectivity index (χ2n) is 31.7. The molecule has 3 fully saturated rings.